The van der Waals surface area contributed by atoms with E-state index in [1.165, 1.54) is 5.69 Å². The van der Waals surface area contributed by atoms with E-state index in [-0.39, 0.29) is 125 Å². The number of nitrogens with zero attached hydrogens (tertiary/aromatic N) is 10. The SMILES string of the molecule is CCCCO.CCCCOC(=O)c1ncnc(N)c1F.CCN(CC)c1ccccc1.CCOC(=O)C(F)C(C)=O.CC[O-].Cl.Fc1c(Cl)ncnc1Cl.N.N=CN.Nc1ncnc(C(=O)O)c1F.Nc1ncnc(Cl)c1F.O.O=P(Cl)(Cl)Cl.O=c1[nH]cnc(O)c1F.[Li+].[Na+].[OH-]. The van der Waals surface area contributed by atoms with E-state index >= 15 is 0 Å². The number of carboxylic acids is 1. The molecule has 0 bridgehead atoms. The number of nitrogen functional groups attached to an aromatic ring is 3. The predicted octanol–water partition coefficient (Wildman–Crippen LogP) is 2.55. The fraction of sp³-hybridized carbons (Fsp3) is 0.367. The van der Waals surface area contributed by atoms with Gasteiger partial charge in [-0.1, -0.05) is 86.6 Å². The third kappa shape index (κ3) is 59.5. The van der Waals surface area contributed by atoms with Crippen molar-refractivity contribution in [3.8, 4) is 5.88 Å². The van der Waals surface area contributed by atoms with Crippen LogP contribution in [0.4, 0.5) is 49.5 Å². The number of aromatic amines is 1. The van der Waals surface area contributed by atoms with Crippen molar-refractivity contribution >= 4 is 139 Å². The summed E-state index contributed by atoms with van der Waals surface area (Å²) >= 11 is 29.5. The number of hydrogen-bond acceptors (Lipinski definition) is 27. The zero-order valence-electron chi connectivity index (χ0n) is 52.8. The van der Waals surface area contributed by atoms with E-state index in [0.717, 1.165) is 83.7 Å². The summed E-state index contributed by atoms with van der Waals surface area (Å²) < 4.78 is 93.4. The molecule has 0 fully saturated rings. The van der Waals surface area contributed by atoms with Gasteiger partial charge in [0, 0.05) is 25.4 Å². The summed E-state index contributed by atoms with van der Waals surface area (Å²) in [5, 5.41) is 35.6. The first-order valence-corrected chi connectivity index (χ1v) is 30.5. The molecule has 19 N–H and O–H groups in total. The second-order valence-corrected chi connectivity index (χ2v) is 22.5. The smallest absolute Gasteiger partial charge is 0.870 e. The van der Waals surface area contributed by atoms with E-state index in [1.807, 2.05) is 18.0 Å². The summed E-state index contributed by atoms with van der Waals surface area (Å²) in [4.78, 5) is 86.2. The van der Waals surface area contributed by atoms with Crippen LogP contribution in [0, 0.1) is 34.5 Å². The summed E-state index contributed by atoms with van der Waals surface area (Å²) in [5.41, 5.74) is 18.8. The molecule has 0 aliphatic heterocycles. The normalized spacial score (nSPS) is 9.09. The number of aromatic carboxylic acids is 1. The van der Waals surface area contributed by atoms with Crippen molar-refractivity contribution < 1.29 is 139 Å². The quantitative estimate of drug-likeness (QED) is 0.00914. The fourth-order valence-corrected chi connectivity index (χ4v) is 4.72. The summed E-state index contributed by atoms with van der Waals surface area (Å²) in [7, 11) is 0. The topological polar surface area (TPSA) is 564 Å². The molecule has 0 saturated heterocycles. The van der Waals surface area contributed by atoms with Crippen molar-refractivity contribution in [1.82, 2.24) is 56.0 Å². The van der Waals surface area contributed by atoms with Crippen molar-refractivity contribution in [2.75, 3.05) is 61.6 Å². The van der Waals surface area contributed by atoms with Gasteiger partial charge in [0.2, 0.25) is 11.6 Å². The number of carbonyl (C=O) groups excluding carboxylic acids is 3. The van der Waals surface area contributed by atoms with Crippen LogP contribution < -0.4 is 93.1 Å². The van der Waals surface area contributed by atoms with Gasteiger partial charge >= 0.3 is 71.5 Å². The van der Waals surface area contributed by atoms with E-state index in [2.05, 4.69) is 139 Å². The minimum atomic E-state index is -3.22. The number of nitrogens with two attached hydrogens (primary N) is 4. The van der Waals surface area contributed by atoms with E-state index in [1.54, 1.807) is 13.8 Å². The minimum absolute atomic E-state index is 0. The number of ketones is 1. The third-order valence-corrected chi connectivity index (χ3v) is 9.05. The molecule has 1 aromatic carbocycles. The van der Waals surface area contributed by atoms with E-state index in [0.29, 0.717) is 6.61 Å². The molecule has 0 radical (unpaired) electrons. The minimum Gasteiger partial charge on any atom is -0.870 e. The third-order valence-electron chi connectivity index (χ3n) is 8.26. The molecule has 5 heterocycles. The van der Waals surface area contributed by atoms with Crippen LogP contribution >= 0.6 is 86.1 Å². The summed E-state index contributed by atoms with van der Waals surface area (Å²) in [6, 6.07) is 10.5. The van der Waals surface area contributed by atoms with Crippen LogP contribution in [0.1, 0.15) is 95.1 Å². The number of unbranched alkanes of at least 4 members (excludes halogenated alkanes) is 2. The Morgan fingerprint density at radius 2 is 1.10 bits per heavy atom. The van der Waals surface area contributed by atoms with Crippen LogP contribution in [0.2, 0.25) is 15.5 Å². The van der Waals surface area contributed by atoms with Gasteiger partial charge in [-0.3, -0.25) is 19.6 Å². The number of carboxylic acid groups (broad SMARTS) is 1. The first kappa shape index (κ1) is 114. The average Bonchev–Trinajstić information content (AvgIpc) is 1.02. The van der Waals surface area contributed by atoms with Gasteiger partial charge in [0.15, 0.2) is 67.5 Å². The Labute approximate surface area is 617 Å². The van der Waals surface area contributed by atoms with Crippen LogP contribution in [-0.4, -0.2) is 152 Å². The second-order valence-electron chi connectivity index (χ2n) is 14.8. The number of Topliss-reactive ketones (excluding diaryl/α,β-unsaturated/α-hetero) is 1. The molecule has 536 valence electrons. The van der Waals surface area contributed by atoms with Crippen LogP contribution in [0.25, 0.3) is 0 Å². The number of aliphatic hydroxyl groups excluding tert-OH is 1. The number of alkyl halides is 1. The zero-order valence-corrected chi connectivity index (χ0v) is 61.1. The molecule has 0 spiro atoms. The number of aromatic hydroxyl groups is 1. The van der Waals surface area contributed by atoms with Gasteiger partial charge in [-0.25, -0.2) is 76.8 Å². The summed E-state index contributed by atoms with van der Waals surface area (Å²) in [6.07, 6.45) is 7.32. The first-order chi connectivity index (χ1) is 42.2. The van der Waals surface area contributed by atoms with Crippen LogP contribution in [-0.2, 0) is 23.6 Å². The number of hydrogen-bond donors (Lipinski definition) is 10. The number of aliphatic hydroxyl groups is 1. The molecule has 0 saturated carbocycles. The molecule has 0 aliphatic rings. The van der Waals surface area contributed by atoms with Gasteiger partial charge in [-0.05, 0) is 86.4 Å². The first-order valence-electron chi connectivity index (χ1n) is 24.9. The molecule has 6 aromatic rings. The van der Waals surface area contributed by atoms with Crippen molar-refractivity contribution in [3.63, 3.8) is 0 Å². The Bertz CT molecular complexity index is 3020. The largest absolute Gasteiger partial charge is 1.00 e. The Kier molecular flexibility index (Phi) is 84.1. The zero-order chi connectivity index (χ0) is 70.5. The molecule has 1 unspecified atom stereocenters. The number of halogens is 13. The number of H-pyrrole nitrogens is 1. The van der Waals surface area contributed by atoms with Gasteiger partial charge in [-0.2, -0.15) is 8.78 Å². The number of esters is 2. The van der Waals surface area contributed by atoms with Crippen LogP contribution in [0.3, 0.4) is 0 Å². The Balaban J connectivity index is -0.0000000935. The second kappa shape index (κ2) is 70.5. The Morgan fingerprint density at radius 1 is 0.729 bits per heavy atom. The van der Waals surface area contributed by atoms with Crippen LogP contribution in [0.5, 0.6) is 5.88 Å². The van der Waals surface area contributed by atoms with Gasteiger partial charge in [0.05, 0.1) is 25.9 Å². The maximum absolute atomic E-state index is 13.2. The molecule has 0 amide bonds. The maximum Gasteiger partial charge on any atom is 1.00 e. The van der Waals surface area contributed by atoms with Crippen molar-refractivity contribution in [2.24, 2.45) is 5.73 Å². The number of ether oxygens (including phenoxy) is 2. The molecule has 1 atom stereocenters. The van der Waals surface area contributed by atoms with Gasteiger partial charge in [0.1, 0.15) is 25.3 Å². The number of para-hydroxylation sites is 1. The number of aromatic nitrogens is 10. The monoisotopic (exact) mass is 1540 g/mol. The molecule has 5 aromatic heterocycles. The van der Waals surface area contributed by atoms with Crippen molar-refractivity contribution in [3.05, 3.63) is 128 Å². The molecule has 6 rings (SSSR count). The Morgan fingerprint density at radius 3 is 1.41 bits per heavy atom. The van der Waals surface area contributed by atoms with Gasteiger partial charge < -0.3 is 79.8 Å². The number of nitrogens with one attached hydrogen (secondary N) is 2. The standard InChI is InChI=1S/C10H15N.C9H12FN3O2.C6H9FO3.C5H4FN3O2.C4HCl2FN2.C4H3ClFN3.C4H3FN2O2.C4H10O.C2H5O.CH4N2.Cl3OP.ClH.Li.H3N.Na.2H2O/c1-3-11(4-2)10-8-6-5-7-9-10;1-2-3-4-15-9(14)7-6(10)8(11)13-5-12-7;1-3-10-6(9)5(7)4(2)8;6-2-3(5(10)11)8-1-9-4(2)7;5-3-2(7)4(6)9-1-8-3;5-3-2(6)4(7)9-1-8-3;5-2-3(8)6-1-7-4(2)9;1-2-3-4-5;1-2-3;2-1-3;1-5(2,3)4;;;;;;/h5-9H,3-4H2,1-2H3;5H,2-4H2,1H3,(H2,11,12,13);5H,3H2,1-2H3;1H,(H,10,11)(H2,7,8,9);1H;1H,(H2,7,8,9);1H,(H2,6,7,8,9);5H,2-4H2,1H3;2H2,1H3;1H,(H3,2,3);;1H;;1H3;;2*1H2/q;;;;;;;;-1;;;;+1;;+1;;/p-1. The fourth-order valence-electron chi connectivity index (χ4n) is 4.27. The van der Waals surface area contributed by atoms with Crippen molar-refractivity contribution in [2.45, 2.75) is 80.3 Å². The summed E-state index contributed by atoms with van der Waals surface area (Å²) in [6.45, 7) is 15.3. The molecule has 96 heavy (non-hydrogen) atoms. The molecular weight excluding hydrogens is 1470 g/mol. The van der Waals surface area contributed by atoms with Crippen LogP contribution in [0.15, 0.2) is 66.8 Å². The number of rotatable bonds is 13. The number of anilines is 4. The van der Waals surface area contributed by atoms with E-state index in [9.17, 15) is 54.9 Å². The molecule has 31 nitrogen and oxygen atoms in total. The molecule has 0 aliphatic carbocycles. The van der Waals surface area contributed by atoms with E-state index < -0.39 is 92.8 Å². The number of benzene rings is 1. The van der Waals surface area contributed by atoms with Gasteiger partial charge in [-0.15, -0.1) is 19.0 Å². The Hall–Kier alpha value is -5.79. The summed E-state index contributed by atoms with van der Waals surface area (Å²) in [5.74, 6) is -10.9. The molecule has 47 heteroatoms. The predicted molar refractivity (Wildman–Crippen MR) is 346 cm³/mol. The van der Waals surface area contributed by atoms with Crippen molar-refractivity contribution in [1.29, 1.82) is 5.41 Å². The maximum atomic E-state index is 13.2. The number of carbonyl (C=O) groups is 4. The molecular formula is C49H73Cl7F6LiN17NaO14P. The van der Waals surface area contributed by atoms with E-state index in [4.69, 9.17) is 82.6 Å². The average molecular weight is 1550 g/mol. The van der Waals surface area contributed by atoms with Gasteiger partial charge in [0.25, 0.3) is 17.6 Å².